The van der Waals surface area contributed by atoms with Gasteiger partial charge in [-0.2, -0.15) is 8.78 Å². The number of alkyl halides is 2. The summed E-state index contributed by atoms with van der Waals surface area (Å²) in [7, 11) is 0. The summed E-state index contributed by atoms with van der Waals surface area (Å²) in [6.45, 7) is 1.95. The van der Waals surface area contributed by atoms with Crippen LogP contribution >= 0.6 is 11.8 Å². The molecule has 0 aliphatic carbocycles. The Bertz CT molecular complexity index is 969. The Morgan fingerprint density at radius 1 is 1.23 bits per heavy atom. The van der Waals surface area contributed by atoms with Crippen molar-refractivity contribution < 1.29 is 23.3 Å². The molecule has 2 aromatic rings. The summed E-state index contributed by atoms with van der Waals surface area (Å²) in [4.78, 5) is 37.9. The monoisotopic (exact) mass is 435 g/mol. The highest BCUT2D eigenvalue weighted by Crippen LogP contribution is 2.27. The third-order valence-electron chi connectivity index (χ3n) is 4.80. The molecule has 7 nitrogen and oxygen atoms in total. The number of thioether (sulfide) groups is 1. The summed E-state index contributed by atoms with van der Waals surface area (Å²) in [6, 6.07) is 9.49. The first-order chi connectivity index (χ1) is 14.3. The van der Waals surface area contributed by atoms with Gasteiger partial charge in [-0.05, 0) is 56.2 Å². The van der Waals surface area contributed by atoms with Crippen molar-refractivity contribution in [1.29, 1.82) is 0 Å². The Balaban J connectivity index is 1.70. The van der Waals surface area contributed by atoms with Gasteiger partial charge in [-0.1, -0.05) is 11.8 Å². The van der Waals surface area contributed by atoms with Gasteiger partial charge in [-0.3, -0.25) is 19.7 Å². The zero-order chi connectivity index (χ0) is 21.8. The van der Waals surface area contributed by atoms with E-state index in [-0.39, 0.29) is 23.1 Å². The first kappa shape index (κ1) is 21.7. The number of amides is 2. The molecule has 1 atom stereocenters. The Labute approximate surface area is 175 Å². The molecule has 158 valence electrons. The molecular weight excluding hydrogens is 416 g/mol. The lowest BCUT2D eigenvalue weighted by atomic mass is 10.1. The lowest BCUT2D eigenvalue weighted by molar-refractivity contribution is -0.385. The molecular formula is C20H19F2N3O4S. The SMILES string of the molecule is Cc1cc(C(=O)N2CCCC2C(=O)Nc2ccc(SC(F)F)cc2)ccc1[N+](=O)[O-]. The van der Waals surface area contributed by atoms with Gasteiger partial charge < -0.3 is 10.2 Å². The fraction of sp³-hybridized carbons (Fsp3) is 0.300. The highest BCUT2D eigenvalue weighted by atomic mass is 32.2. The van der Waals surface area contributed by atoms with Gasteiger partial charge in [-0.25, -0.2) is 0 Å². The Morgan fingerprint density at radius 3 is 2.53 bits per heavy atom. The van der Waals surface area contributed by atoms with E-state index >= 15 is 0 Å². The van der Waals surface area contributed by atoms with Crippen molar-refractivity contribution in [3.05, 3.63) is 63.7 Å². The number of nitrogens with one attached hydrogen (secondary N) is 1. The highest BCUT2D eigenvalue weighted by Gasteiger charge is 2.35. The van der Waals surface area contributed by atoms with Crippen LogP contribution < -0.4 is 5.32 Å². The molecule has 2 amide bonds. The molecule has 0 aromatic heterocycles. The minimum Gasteiger partial charge on any atom is -0.327 e. The quantitative estimate of drug-likeness (QED) is 0.411. The van der Waals surface area contributed by atoms with E-state index in [1.807, 2.05) is 0 Å². The Hall–Kier alpha value is -3.01. The zero-order valence-electron chi connectivity index (χ0n) is 16.0. The van der Waals surface area contributed by atoms with Gasteiger partial charge in [0.25, 0.3) is 17.4 Å². The summed E-state index contributed by atoms with van der Waals surface area (Å²) in [5, 5.41) is 13.7. The van der Waals surface area contributed by atoms with Crippen LogP contribution in [0, 0.1) is 17.0 Å². The fourth-order valence-electron chi connectivity index (χ4n) is 3.39. The number of carbonyl (C=O) groups is 2. The summed E-state index contributed by atoms with van der Waals surface area (Å²) in [6.07, 6.45) is 1.14. The second-order valence-electron chi connectivity index (χ2n) is 6.81. The van der Waals surface area contributed by atoms with Crippen LogP contribution in [0.25, 0.3) is 0 Å². The summed E-state index contributed by atoms with van der Waals surface area (Å²) in [5.74, 6) is -3.25. The normalized spacial score (nSPS) is 16.0. The molecule has 0 radical (unpaired) electrons. The molecule has 3 rings (SSSR count). The van der Waals surface area contributed by atoms with Crippen LogP contribution in [0.4, 0.5) is 20.2 Å². The molecule has 30 heavy (non-hydrogen) atoms. The van der Waals surface area contributed by atoms with Gasteiger partial charge in [0, 0.05) is 34.3 Å². The van der Waals surface area contributed by atoms with Crippen molar-refractivity contribution in [2.24, 2.45) is 0 Å². The average molecular weight is 435 g/mol. The van der Waals surface area contributed by atoms with E-state index in [0.717, 1.165) is 0 Å². The highest BCUT2D eigenvalue weighted by molar-refractivity contribution is 7.99. The maximum absolute atomic E-state index is 12.9. The summed E-state index contributed by atoms with van der Waals surface area (Å²) < 4.78 is 24.8. The molecule has 1 saturated heterocycles. The molecule has 1 unspecified atom stereocenters. The molecule has 0 spiro atoms. The van der Waals surface area contributed by atoms with Gasteiger partial charge in [-0.15, -0.1) is 0 Å². The van der Waals surface area contributed by atoms with Crippen molar-refractivity contribution in [3.8, 4) is 0 Å². The lowest BCUT2D eigenvalue weighted by Crippen LogP contribution is -2.43. The number of hydrogen-bond donors (Lipinski definition) is 1. The number of likely N-dealkylation sites (tertiary alicyclic amines) is 1. The van der Waals surface area contributed by atoms with E-state index in [9.17, 15) is 28.5 Å². The average Bonchev–Trinajstić information content (AvgIpc) is 3.18. The van der Waals surface area contributed by atoms with Crippen molar-refractivity contribution in [3.63, 3.8) is 0 Å². The first-order valence-corrected chi connectivity index (χ1v) is 10.1. The van der Waals surface area contributed by atoms with E-state index in [0.29, 0.717) is 47.3 Å². The lowest BCUT2D eigenvalue weighted by Gasteiger charge is -2.24. The fourth-order valence-corrected chi connectivity index (χ4v) is 3.89. The molecule has 1 heterocycles. The largest absolute Gasteiger partial charge is 0.327 e. The number of nitrogens with zero attached hydrogens (tertiary/aromatic N) is 2. The molecule has 1 N–H and O–H groups in total. The smallest absolute Gasteiger partial charge is 0.288 e. The number of halogens is 2. The number of carbonyl (C=O) groups excluding carboxylic acids is 2. The van der Waals surface area contributed by atoms with Crippen molar-refractivity contribution in [1.82, 2.24) is 4.90 Å². The molecule has 1 aliphatic rings. The van der Waals surface area contributed by atoms with Crippen molar-refractivity contribution >= 4 is 35.0 Å². The van der Waals surface area contributed by atoms with Crippen LogP contribution in [0.5, 0.6) is 0 Å². The van der Waals surface area contributed by atoms with Gasteiger partial charge in [0.2, 0.25) is 5.91 Å². The Kier molecular flexibility index (Phi) is 6.66. The number of benzene rings is 2. The van der Waals surface area contributed by atoms with Crippen molar-refractivity contribution in [2.45, 2.75) is 36.5 Å². The number of nitro groups is 1. The molecule has 0 bridgehead atoms. The first-order valence-electron chi connectivity index (χ1n) is 9.18. The van der Waals surface area contributed by atoms with Crippen LogP contribution in [0.3, 0.4) is 0 Å². The van der Waals surface area contributed by atoms with Crippen LogP contribution in [-0.2, 0) is 4.79 Å². The molecule has 1 fully saturated rings. The van der Waals surface area contributed by atoms with Crippen LogP contribution in [0.1, 0.15) is 28.8 Å². The Morgan fingerprint density at radius 2 is 1.93 bits per heavy atom. The molecule has 2 aromatic carbocycles. The minimum absolute atomic E-state index is 0.0734. The third-order valence-corrected chi connectivity index (χ3v) is 5.53. The van der Waals surface area contributed by atoms with Gasteiger partial charge in [0.05, 0.1) is 4.92 Å². The number of anilines is 1. The molecule has 0 saturated carbocycles. The minimum atomic E-state index is -2.52. The number of aryl methyl sites for hydroxylation is 1. The standard InChI is InChI=1S/C20H19F2N3O4S/c1-12-11-13(4-9-16(12)25(28)29)19(27)24-10-2-3-17(24)18(26)23-14-5-7-15(8-6-14)30-20(21)22/h4-9,11,17,20H,2-3,10H2,1H3,(H,23,26). The van der Waals surface area contributed by atoms with E-state index in [4.69, 9.17) is 0 Å². The van der Waals surface area contributed by atoms with Gasteiger partial charge in [0.15, 0.2) is 0 Å². The van der Waals surface area contributed by atoms with Crippen LogP contribution in [0.15, 0.2) is 47.4 Å². The van der Waals surface area contributed by atoms with Crippen LogP contribution in [0.2, 0.25) is 0 Å². The third kappa shape index (κ3) is 4.93. The van der Waals surface area contributed by atoms with Crippen LogP contribution in [-0.4, -0.2) is 40.0 Å². The predicted molar refractivity (Wildman–Crippen MR) is 109 cm³/mol. The molecule has 1 aliphatic heterocycles. The van der Waals surface area contributed by atoms with E-state index in [1.165, 1.54) is 47.4 Å². The van der Waals surface area contributed by atoms with E-state index < -0.39 is 16.7 Å². The van der Waals surface area contributed by atoms with E-state index in [1.54, 1.807) is 6.92 Å². The second-order valence-corrected chi connectivity index (χ2v) is 7.87. The molecule has 10 heteroatoms. The maximum atomic E-state index is 12.9. The number of nitro benzene ring substituents is 1. The van der Waals surface area contributed by atoms with E-state index in [2.05, 4.69) is 5.32 Å². The predicted octanol–water partition coefficient (Wildman–Crippen LogP) is 4.46. The maximum Gasteiger partial charge on any atom is 0.288 e. The number of hydrogen-bond acceptors (Lipinski definition) is 5. The van der Waals surface area contributed by atoms with Crippen molar-refractivity contribution in [2.75, 3.05) is 11.9 Å². The zero-order valence-corrected chi connectivity index (χ0v) is 16.8. The summed E-state index contributed by atoms with van der Waals surface area (Å²) >= 11 is 0.416. The number of rotatable bonds is 6. The van der Waals surface area contributed by atoms with Gasteiger partial charge in [0.1, 0.15) is 6.04 Å². The topological polar surface area (TPSA) is 92.6 Å². The second kappa shape index (κ2) is 9.21. The summed E-state index contributed by atoms with van der Waals surface area (Å²) in [5.41, 5.74) is 1.03. The van der Waals surface area contributed by atoms with Gasteiger partial charge >= 0.3 is 0 Å².